The van der Waals surface area contributed by atoms with Gasteiger partial charge in [-0.2, -0.15) is 5.26 Å². The van der Waals surface area contributed by atoms with Gasteiger partial charge in [0.05, 0.1) is 5.57 Å². The van der Waals surface area contributed by atoms with E-state index in [0.717, 1.165) is 36.8 Å². The lowest BCUT2D eigenvalue weighted by Gasteiger charge is -2.18. The van der Waals surface area contributed by atoms with E-state index in [-0.39, 0.29) is 16.3 Å². The van der Waals surface area contributed by atoms with Crippen molar-refractivity contribution in [1.29, 1.82) is 5.26 Å². The van der Waals surface area contributed by atoms with Crippen molar-refractivity contribution < 1.29 is 5.11 Å². The Morgan fingerprint density at radius 1 is 1.39 bits per heavy atom. The summed E-state index contributed by atoms with van der Waals surface area (Å²) < 4.78 is 0. The number of fused-ring (bicyclic) bond motifs is 1. The van der Waals surface area contributed by atoms with E-state index in [1.165, 1.54) is 5.56 Å². The maximum Gasteiger partial charge on any atom is 0.116 e. The fourth-order valence-corrected chi connectivity index (χ4v) is 2.43. The Bertz CT molecular complexity index is 570. The molecule has 18 heavy (non-hydrogen) atoms. The molecule has 0 bridgehead atoms. The SMILES string of the molecule is N#C/C(=C/c1cc(O)cc2c1CCCC2)C(N)=S. The monoisotopic (exact) mass is 258 g/mol. The van der Waals surface area contributed by atoms with Crippen molar-refractivity contribution in [3.8, 4) is 11.8 Å². The lowest BCUT2D eigenvalue weighted by atomic mass is 9.87. The number of thiocarbonyl (C=S) groups is 1. The van der Waals surface area contributed by atoms with Gasteiger partial charge >= 0.3 is 0 Å². The van der Waals surface area contributed by atoms with Crippen molar-refractivity contribution in [2.45, 2.75) is 25.7 Å². The Morgan fingerprint density at radius 3 is 2.78 bits per heavy atom. The molecule has 1 aliphatic carbocycles. The summed E-state index contributed by atoms with van der Waals surface area (Å²) in [6.45, 7) is 0. The number of nitriles is 1. The number of rotatable bonds is 2. The molecule has 3 nitrogen and oxygen atoms in total. The second-order valence-electron chi connectivity index (χ2n) is 4.41. The van der Waals surface area contributed by atoms with Crippen LogP contribution < -0.4 is 5.73 Å². The topological polar surface area (TPSA) is 70.0 Å². The standard InChI is InChI=1S/C14H14N2OS/c15-8-11(14(16)18)5-10-7-12(17)6-9-3-1-2-4-13(9)10/h5-7,17H,1-4H2,(H2,16,18)/b11-5-. The van der Waals surface area contributed by atoms with E-state index in [0.29, 0.717) is 0 Å². The van der Waals surface area contributed by atoms with Crippen LogP contribution in [-0.4, -0.2) is 10.1 Å². The predicted octanol–water partition coefficient (Wildman–Crippen LogP) is 2.46. The van der Waals surface area contributed by atoms with Crippen LogP contribution in [0, 0.1) is 11.3 Å². The molecule has 92 valence electrons. The summed E-state index contributed by atoms with van der Waals surface area (Å²) in [7, 11) is 0. The molecule has 0 atom stereocenters. The van der Waals surface area contributed by atoms with Gasteiger partial charge in [0.2, 0.25) is 0 Å². The van der Waals surface area contributed by atoms with E-state index in [1.54, 1.807) is 18.2 Å². The minimum Gasteiger partial charge on any atom is -0.508 e. The third-order valence-corrected chi connectivity index (χ3v) is 3.39. The van der Waals surface area contributed by atoms with E-state index in [4.69, 9.17) is 23.2 Å². The number of nitrogens with two attached hydrogens (primary N) is 1. The average molecular weight is 258 g/mol. The Kier molecular flexibility index (Phi) is 3.63. The van der Waals surface area contributed by atoms with Crippen LogP contribution in [0.5, 0.6) is 5.75 Å². The van der Waals surface area contributed by atoms with Crippen LogP contribution in [-0.2, 0) is 12.8 Å². The molecule has 4 heteroatoms. The fourth-order valence-electron chi connectivity index (χ4n) is 2.33. The van der Waals surface area contributed by atoms with Gasteiger partial charge in [-0.05, 0) is 60.6 Å². The molecule has 0 amide bonds. The zero-order valence-electron chi connectivity index (χ0n) is 9.94. The van der Waals surface area contributed by atoms with E-state index in [2.05, 4.69) is 0 Å². The predicted molar refractivity (Wildman–Crippen MR) is 75.1 cm³/mol. The van der Waals surface area contributed by atoms with Gasteiger partial charge in [-0.25, -0.2) is 0 Å². The molecule has 0 saturated heterocycles. The van der Waals surface area contributed by atoms with E-state index in [9.17, 15) is 5.11 Å². The first-order valence-electron chi connectivity index (χ1n) is 5.88. The highest BCUT2D eigenvalue weighted by atomic mass is 32.1. The molecule has 0 aliphatic heterocycles. The number of phenols is 1. The fraction of sp³-hybridized carbons (Fsp3) is 0.286. The molecule has 0 radical (unpaired) electrons. The van der Waals surface area contributed by atoms with Crippen LogP contribution in [0.15, 0.2) is 17.7 Å². The van der Waals surface area contributed by atoms with Crippen LogP contribution in [0.25, 0.3) is 6.08 Å². The summed E-state index contributed by atoms with van der Waals surface area (Å²) in [6.07, 6.45) is 5.89. The van der Waals surface area contributed by atoms with E-state index < -0.39 is 0 Å². The van der Waals surface area contributed by atoms with Crippen LogP contribution in [0.4, 0.5) is 0 Å². The van der Waals surface area contributed by atoms with Gasteiger partial charge < -0.3 is 10.8 Å². The Labute approximate surface area is 112 Å². The van der Waals surface area contributed by atoms with Crippen LogP contribution in [0.3, 0.4) is 0 Å². The van der Waals surface area contributed by atoms with Crippen molar-refractivity contribution in [3.05, 3.63) is 34.4 Å². The minimum absolute atomic E-state index is 0.0883. The molecule has 0 fully saturated rings. The number of benzene rings is 1. The number of nitrogens with zero attached hydrogens (tertiary/aromatic N) is 1. The highest BCUT2D eigenvalue weighted by molar-refractivity contribution is 7.80. The molecule has 1 aliphatic rings. The van der Waals surface area contributed by atoms with Crippen molar-refractivity contribution in [2.24, 2.45) is 5.73 Å². The number of phenolic OH excluding ortho intramolecular Hbond substituents is 1. The lowest BCUT2D eigenvalue weighted by Crippen LogP contribution is -2.10. The third kappa shape index (κ3) is 2.52. The third-order valence-electron chi connectivity index (χ3n) is 3.17. The summed E-state index contributed by atoms with van der Waals surface area (Å²) in [5.41, 5.74) is 8.98. The second kappa shape index (κ2) is 5.19. The molecule has 0 aromatic heterocycles. The van der Waals surface area contributed by atoms with Gasteiger partial charge in [-0.1, -0.05) is 12.2 Å². The molecule has 0 unspecified atom stereocenters. The minimum atomic E-state index is 0.0883. The molecule has 0 spiro atoms. The van der Waals surface area contributed by atoms with Crippen molar-refractivity contribution in [2.75, 3.05) is 0 Å². The molecule has 0 saturated carbocycles. The molecule has 1 aromatic rings. The van der Waals surface area contributed by atoms with Gasteiger partial charge in [-0.15, -0.1) is 0 Å². The molecule has 1 aromatic carbocycles. The summed E-state index contributed by atoms with van der Waals surface area (Å²) in [6, 6.07) is 5.46. The molecule has 0 heterocycles. The van der Waals surface area contributed by atoms with Crippen molar-refractivity contribution in [1.82, 2.24) is 0 Å². The van der Waals surface area contributed by atoms with Crippen LogP contribution in [0.1, 0.15) is 29.5 Å². The van der Waals surface area contributed by atoms with E-state index in [1.807, 2.05) is 6.07 Å². The summed E-state index contributed by atoms with van der Waals surface area (Å²) in [5, 5.41) is 18.7. The normalized spacial score (nSPS) is 14.7. The van der Waals surface area contributed by atoms with Gasteiger partial charge in [0, 0.05) is 0 Å². The highest BCUT2D eigenvalue weighted by Gasteiger charge is 2.14. The Balaban J connectivity index is 2.54. The summed E-state index contributed by atoms with van der Waals surface area (Å²) in [5.74, 6) is 0.224. The smallest absolute Gasteiger partial charge is 0.116 e. The average Bonchev–Trinajstić information content (AvgIpc) is 2.35. The van der Waals surface area contributed by atoms with Crippen LogP contribution in [0.2, 0.25) is 0 Å². The second-order valence-corrected chi connectivity index (χ2v) is 4.85. The number of aryl methyl sites for hydroxylation is 1. The first-order chi connectivity index (χ1) is 8.61. The Hall–Kier alpha value is -1.86. The molecule has 2 rings (SSSR count). The highest BCUT2D eigenvalue weighted by Crippen LogP contribution is 2.30. The van der Waals surface area contributed by atoms with E-state index >= 15 is 0 Å². The zero-order chi connectivity index (χ0) is 13.1. The maximum absolute atomic E-state index is 9.72. The number of hydrogen-bond acceptors (Lipinski definition) is 3. The first kappa shape index (κ1) is 12.6. The van der Waals surface area contributed by atoms with Crippen molar-refractivity contribution in [3.63, 3.8) is 0 Å². The Morgan fingerprint density at radius 2 is 2.11 bits per heavy atom. The van der Waals surface area contributed by atoms with Gasteiger partial charge in [-0.3, -0.25) is 0 Å². The summed E-state index contributed by atoms with van der Waals surface area (Å²) in [4.78, 5) is 0.0883. The maximum atomic E-state index is 9.72. The van der Waals surface area contributed by atoms with Gasteiger partial charge in [0.1, 0.15) is 16.8 Å². The zero-order valence-corrected chi connectivity index (χ0v) is 10.8. The quantitative estimate of drug-likeness (QED) is 0.485. The number of hydrogen-bond donors (Lipinski definition) is 2. The summed E-state index contributed by atoms with van der Waals surface area (Å²) >= 11 is 4.83. The molecule has 3 N–H and O–H groups in total. The molecular weight excluding hydrogens is 244 g/mol. The van der Waals surface area contributed by atoms with Gasteiger partial charge in [0.15, 0.2) is 0 Å². The lowest BCUT2D eigenvalue weighted by molar-refractivity contribution is 0.473. The first-order valence-corrected chi connectivity index (χ1v) is 6.29. The van der Waals surface area contributed by atoms with Gasteiger partial charge in [0.25, 0.3) is 0 Å². The number of aromatic hydroxyl groups is 1. The largest absolute Gasteiger partial charge is 0.508 e. The molecular formula is C14H14N2OS. The van der Waals surface area contributed by atoms with Crippen molar-refractivity contribution >= 4 is 23.3 Å². The van der Waals surface area contributed by atoms with Crippen LogP contribution >= 0.6 is 12.2 Å².